The smallest absolute Gasteiger partial charge is 0.272 e. The molecule has 1 atom stereocenters. The Balaban J connectivity index is 2.26. The molecule has 1 aromatic carbocycles. The van der Waals surface area contributed by atoms with Crippen molar-refractivity contribution in [1.29, 1.82) is 0 Å². The lowest BCUT2D eigenvalue weighted by molar-refractivity contribution is -0.385. The van der Waals surface area contributed by atoms with E-state index in [-0.39, 0.29) is 17.3 Å². The largest absolute Gasteiger partial charge is 0.333 e. The van der Waals surface area contributed by atoms with Crippen LogP contribution in [0.2, 0.25) is 0 Å². The number of piperazine rings is 1. The number of nitro groups is 1. The van der Waals surface area contributed by atoms with Gasteiger partial charge in [0.2, 0.25) is 0 Å². The molecular formula is C12H14FN3O3. The molecule has 1 aliphatic heterocycles. The number of nitrogens with one attached hydrogen (secondary N) is 1. The molecule has 0 unspecified atom stereocenters. The van der Waals surface area contributed by atoms with E-state index in [4.69, 9.17) is 0 Å². The highest BCUT2D eigenvalue weighted by Crippen LogP contribution is 2.19. The highest BCUT2D eigenvalue weighted by atomic mass is 19.1. The average Bonchev–Trinajstić information content (AvgIpc) is 2.38. The number of non-ortho nitro benzene ring substituents is 1. The van der Waals surface area contributed by atoms with E-state index < -0.39 is 16.6 Å². The summed E-state index contributed by atoms with van der Waals surface area (Å²) < 4.78 is 13.8. The highest BCUT2D eigenvalue weighted by molar-refractivity contribution is 5.95. The van der Waals surface area contributed by atoms with Gasteiger partial charge in [-0.05, 0) is 13.0 Å². The maximum atomic E-state index is 13.8. The van der Waals surface area contributed by atoms with Crippen LogP contribution in [0.15, 0.2) is 18.2 Å². The molecule has 1 N–H and O–H groups in total. The van der Waals surface area contributed by atoms with Crippen LogP contribution in [0, 0.1) is 15.9 Å². The summed E-state index contributed by atoms with van der Waals surface area (Å²) in [6.07, 6.45) is 0. The summed E-state index contributed by atoms with van der Waals surface area (Å²) in [6, 6.07) is 3.06. The van der Waals surface area contributed by atoms with Gasteiger partial charge < -0.3 is 10.2 Å². The maximum Gasteiger partial charge on any atom is 0.272 e. The van der Waals surface area contributed by atoms with Crippen molar-refractivity contribution in [3.8, 4) is 0 Å². The van der Waals surface area contributed by atoms with Gasteiger partial charge in [0.15, 0.2) is 0 Å². The Labute approximate surface area is 109 Å². The minimum atomic E-state index is -0.857. The summed E-state index contributed by atoms with van der Waals surface area (Å²) in [4.78, 5) is 23.6. The standard InChI is InChI=1S/C12H14FN3O3/c1-8-7-14-4-5-15(8)12(17)10-3-2-9(16(18)19)6-11(10)13/h2-3,6,8,14H,4-5,7H2,1H3/t8-/m1/s1. The van der Waals surface area contributed by atoms with Gasteiger partial charge in [-0.3, -0.25) is 14.9 Å². The summed E-state index contributed by atoms with van der Waals surface area (Å²) >= 11 is 0. The number of nitrogens with zero attached hydrogens (tertiary/aromatic N) is 2. The number of benzene rings is 1. The van der Waals surface area contributed by atoms with E-state index in [9.17, 15) is 19.3 Å². The second-order valence-corrected chi connectivity index (χ2v) is 4.47. The number of carbonyl (C=O) groups is 1. The third kappa shape index (κ3) is 2.70. The summed E-state index contributed by atoms with van der Waals surface area (Å²) in [7, 11) is 0. The first-order valence-electron chi connectivity index (χ1n) is 5.96. The first-order valence-corrected chi connectivity index (χ1v) is 5.96. The van der Waals surface area contributed by atoms with Gasteiger partial charge >= 0.3 is 0 Å². The van der Waals surface area contributed by atoms with Crippen LogP contribution in [-0.2, 0) is 0 Å². The van der Waals surface area contributed by atoms with Gasteiger partial charge in [0.1, 0.15) is 5.82 Å². The van der Waals surface area contributed by atoms with Gasteiger partial charge in [0, 0.05) is 31.7 Å². The quantitative estimate of drug-likeness (QED) is 0.644. The molecule has 1 amide bonds. The van der Waals surface area contributed by atoms with Crippen LogP contribution >= 0.6 is 0 Å². The molecule has 19 heavy (non-hydrogen) atoms. The third-order valence-corrected chi connectivity index (χ3v) is 3.16. The summed E-state index contributed by atoms with van der Waals surface area (Å²) in [6.45, 7) is 3.68. The van der Waals surface area contributed by atoms with Crippen molar-refractivity contribution < 1.29 is 14.1 Å². The van der Waals surface area contributed by atoms with Crippen LogP contribution in [0.3, 0.4) is 0 Å². The zero-order valence-corrected chi connectivity index (χ0v) is 10.4. The first-order chi connectivity index (χ1) is 9.00. The Morgan fingerprint density at radius 2 is 2.32 bits per heavy atom. The lowest BCUT2D eigenvalue weighted by atomic mass is 10.1. The molecule has 102 valence electrons. The van der Waals surface area contributed by atoms with Crippen LogP contribution in [-0.4, -0.2) is 41.4 Å². The predicted molar refractivity (Wildman–Crippen MR) is 66.4 cm³/mol. The van der Waals surface area contributed by atoms with Gasteiger partial charge in [-0.1, -0.05) is 0 Å². The minimum Gasteiger partial charge on any atom is -0.333 e. The Morgan fingerprint density at radius 1 is 1.58 bits per heavy atom. The van der Waals surface area contributed by atoms with Gasteiger partial charge in [0.05, 0.1) is 16.6 Å². The Bertz CT molecular complexity index is 521. The zero-order chi connectivity index (χ0) is 14.0. The number of nitro benzene ring substituents is 1. The van der Waals surface area contributed by atoms with Crippen LogP contribution < -0.4 is 5.32 Å². The second kappa shape index (κ2) is 5.31. The van der Waals surface area contributed by atoms with E-state index >= 15 is 0 Å². The molecular weight excluding hydrogens is 253 g/mol. The highest BCUT2D eigenvalue weighted by Gasteiger charge is 2.26. The molecule has 0 bridgehead atoms. The fourth-order valence-corrected chi connectivity index (χ4v) is 2.09. The van der Waals surface area contributed by atoms with E-state index in [1.165, 1.54) is 6.07 Å². The van der Waals surface area contributed by atoms with Gasteiger partial charge in [0.25, 0.3) is 11.6 Å². The van der Waals surface area contributed by atoms with Crippen molar-refractivity contribution in [3.05, 3.63) is 39.7 Å². The molecule has 1 aliphatic rings. The summed E-state index contributed by atoms with van der Waals surface area (Å²) in [5, 5.41) is 13.7. The third-order valence-electron chi connectivity index (χ3n) is 3.16. The van der Waals surface area contributed by atoms with Crippen molar-refractivity contribution in [2.75, 3.05) is 19.6 Å². The van der Waals surface area contributed by atoms with E-state index in [1.807, 2.05) is 6.92 Å². The average molecular weight is 267 g/mol. The normalized spacial score (nSPS) is 19.3. The fourth-order valence-electron chi connectivity index (χ4n) is 2.09. The number of hydrogen-bond donors (Lipinski definition) is 1. The minimum absolute atomic E-state index is 0.0316. The maximum absolute atomic E-state index is 13.8. The Kier molecular flexibility index (Phi) is 3.75. The molecule has 7 heteroatoms. The van der Waals surface area contributed by atoms with Gasteiger partial charge in [-0.25, -0.2) is 4.39 Å². The van der Waals surface area contributed by atoms with Gasteiger partial charge in [-0.2, -0.15) is 0 Å². The second-order valence-electron chi connectivity index (χ2n) is 4.47. The van der Waals surface area contributed by atoms with E-state index in [0.717, 1.165) is 12.1 Å². The summed E-state index contributed by atoms with van der Waals surface area (Å²) in [5.41, 5.74) is -0.484. The fraction of sp³-hybridized carbons (Fsp3) is 0.417. The lowest BCUT2D eigenvalue weighted by Gasteiger charge is -2.34. The van der Waals surface area contributed by atoms with Crippen molar-refractivity contribution in [2.45, 2.75) is 13.0 Å². The van der Waals surface area contributed by atoms with E-state index in [0.29, 0.717) is 19.6 Å². The Hall–Kier alpha value is -2.02. The van der Waals surface area contributed by atoms with Crippen molar-refractivity contribution in [2.24, 2.45) is 0 Å². The monoisotopic (exact) mass is 267 g/mol. The number of amides is 1. The van der Waals surface area contributed by atoms with Crippen molar-refractivity contribution in [1.82, 2.24) is 10.2 Å². The van der Waals surface area contributed by atoms with Crippen molar-refractivity contribution in [3.63, 3.8) is 0 Å². The molecule has 1 saturated heterocycles. The molecule has 0 radical (unpaired) electrons. The zero-order valence-electron chi connectivity index (χ0n) is 10.4. The molecule has 0 spiro atoms. The molecule has 0 saturated carbocycles. The van der Waals surface area contributed by atoms with Crippen LogP contribution in [0.1, 0.15) is 17.3 Å². The van der Waals surface area contributed by atoms with Gasteiger partial charge in [-0.15, -0.1) is 0 Å². The molecule has 0 aliphatic carbocycles. The topological polar surface area (TPSA) is 75.5 Å². The summed E-state index contributed by atoms with van der Waals surface area (Å²) in [5.74, 6) is -1.29. The number of hydrogen-bond acceptors (Lipinski definition) is 4. The molecule has 1 aromatic rings. The van der Waals surface area contributed by atoms with Crippen LogP contribution in [0.4, 0.5) is 10.1 Å². The number of carbonyl (C=O) groups excluding carboxylic acids is 1. The SMILES string of the molecule is C[C@@H]1CNCCN1C(=O)c1ccc([N+](=O)[O-])cc1F. The number of rotatable bonds is 2. The van der Waals surface area contributed by atoms with Crippen molar-refractivity contribution >= 4 is 11.6 Å². The molecule has 1 heterocycles. The van der Waals surface area contributed by atoms with Crippen LogP contribution in [0.5, 0.6) is 0 Å². The Morgan fingerprint density at radius 3 is 2.89 bits per heavy atom. The molecule has 0 aromatic heterocycles. The first kappa shape index (κ1) is 13.4. The predicted octanol–water partition coefficient (Wildman–Crippen LogP) is 1.17. The van der Waals surface area contributed by atoms with E-state index in [2.05, 4.69) is 5.32 Å². The molecule has 2 rings (SSSR count). The molecule has 1 fully saturated rings. The van der Waals surface area contributed by atoms with E-state index in [1.54, 1.807) is 4.90 Å². The molecule has 6 nitrogen and oxygen atoms in total. The lowest BCUT2D eigenvalue weighted by Crippen LogP contribution is -2.52. The number of halogens is 1. The van der Waals surface area contributed by atoms with Crippen LogP contribution in [0.25, 0.3) is 0 Å².